The van der Waals surface area contributed by atoms with E-state index in [9.17, 15) is 24.6 Å². The van der Waals surface area contributed by atoms with E-state index in [0.29, 0.717) is 5.56 Å². The highest BCUT2D eigenvalue weighted by Crippen LogP contribution is 2.33. The van der Waals surface area contributed by atoms with Crippen LogP contribution >= 0.6 is 0 Å². The Morgan fingerprint density at radius 3 is 0.970 bits per heavy atom. The predicted octanol–water partition coefficient (Wildman–Crippen LogP) is 4.95. The second-order valence-electron chi connectivity index (χ2n) is 7.47. The van der Waals surface area contributed by atoms with Gasteiger partial charge < -0.3 is 15.3 Å². The van der Waals surface area contributed by atoms with Crippen molar-refractivity contribution in [1.82, 2.24) is 0 Å². The minimum Gasteiger partial charge on any atom is -0.561 e. The van der Waals surface area contributed by atoms with E-state index in [1.807, 2.05) is 18.2 Å². The van der Waals surface area contributed by atoms with E-state index in [2.05, 4.69) is 0 Å². The molecule has 4 rings (SSSR count). The Balaban J connectivity index is 1.84. The van der Waals surface area contributed by atoms with Crippen LogP contribution in [0.5, 0.6) is 0 Å². The van der Waals surface area contributed by atoms with Crippen molar-refractivity contribution in [2.45, 2.75) is 0 Å². The van der Waals surface area contributed by atoms with Crippen molar-refractivity contribution in [3.8, 4) is 33.4 Å². The van der Waals surface area contributed by atoms with Gasteiger partial charge in [-0.25, -0.2) is 9.59 Å². The van der Waals surface area contributed by atoms with Crippen molar-refractivity contribution in [3.05, 3.63) is 108 Å². The number of carboxylic acid groups (broad SMARTS) is 2. The van der Waals surface area contributed by atoms with Gasteiger partial charge in [-0.3, -0.25) is 0 Å². The molecule has 6 heteroatoms. The first-order chi connectivity index (χ1) is 15.8. The zero-order valence-corrected chi connectivity index (χ0v) is 17.3. The molecule has 6 nitrogen and oxygen atoms in total. The van der Waals surface area contributed by atoms with Crippen molar-refractivity contribution < 1.29 is 29.7 Å². The van der Waals surface area contributed by atoms with E-state index in [-0.39, 0.29) is 11.1 Å². The third kappa shape index (κ3) is 4.65. The van der Waals surface area contributed by atoms with Crippen molar-refractivity contribution in [2.75, 3.05) is 0 Å². The van der Waals surface area contributed by atoms with Gasteiger partial charge in [-0.1, -0.05) is 36.4 Å². The Hall–Kier alpha value is -4.71. The molecule has 0 radical (unpaired) electrons. The Labute approximate surface area is 189 Å². The van der Waals surface area contributed by atoms with Gasteiger partial charge in [0.1, 0.15) is 5.56 Å². The summed E-state index contributed by atoms with van der Waals surface area (Å²) in [5.74, 6) is -2.76. The lowest BCUT2D eigenvalue weighted by Gasteiger charge is -2.12. The molecule has 162 valence electrons. The van der Waals surface area contributed by atoms with E-state index < -0.39 is 17.9 Å². The first-order valence-corrected chi connectivity index (χ1v) is 10.0. The molecule has 0 heterocycles. The molecule has 0 aliphatic heterocycles. The standard InChI is InChI=1S/C27H18O6/c28-25(29)19-7-1-16(2-8-19)22-13-23(17-3-9-20(10-4-17)26(30)31)15-24(14-22)18-5-11-21(12-6-18)27(32)33/h1-15H,(H,28,29)(H,30,31)(H,32,33)/p+1. The minimum absolute atomic E-state index is 0.190. The Kier molecular flexibility index (Phi) is 5.74. The maximum Gasteiger partial charge on any atom is 0.549 e. The summed E-state index contributed by atoms with van der Waals surface area (Å²) < 4.78 is 0. The molecule has 4 aromatic carbocycles. The summed E-state index contributed by atoms with van der Waals surface area (Å²) in [6.07, 6.45) is 0. The second kappa shape index (κ2) is 8.80. The van der Waals surface area contributed by atoms with Gasteiger partial charge in [-0.05, 0) is 88.0 Å². The summed E-state index contributed by atoms with van der Waals surface area (Å²) in [6.45, 7) is 0. The highest BCUT2D eigenvalue weighted by Gasteiger charge is 2.13. The fourth-order valence-corrected chi connectivity index (χ4v) is 3.55. The van der Waals surface area contributed by atoms with Crippen LogP contribution in [-0.4, -0.2) is 33.2 Å². The second-order valence-corrected chi connectivity index (χ2v) is 7.47. The van der Waals surface area contributed by atoms with Gasteiger partial charge in [0.2, 0.25) is 0 Å². The quantitative estimate of drug-likeness (QED) is 0.413. The lowest BCUT2D eigenvalue weighted by Crippen LogP contribution is -1.96. The van der Waals surface area contributed by atoms with Crippen LogP contribution in [0.2, 0.25) is 0 Å². The summed E-state index contributed by atoms with van der Waals surface area (Å²) >= 11 is 0. The van der Waals surface area contributed by atoms with Crippen LogP contribution in [0.1, 0.15) is 31.1 Å². The average molecular weight is 439 g/mol. The summed E-state index contributed by atoms with van der Waals surface area (Å²) in [4.78, 5) is 33.7. The lowest BCUT2D eigenvalue weighted by atomic mass is 9.92. The first kappa shape index (κ1) is 21.5. The summed E-state index contributed by atoms with van der Waals surface area (Å²) in [7, 11) is 0. The SMILES string of the molecule is O=C(O)c1ccc(-c2cc(-c3ccc(C(=O)O)cc3)cc(-c3ccc(C(=O)[OH2+])cc3)c2)cc1. The first-order valence-electron chi connectivity index (χ1n) is 10.0. The normalized spacial score (nSPS) is 10.5. The monoisotopic (exact) mass is 439 g/mol. The van der Waals surface area contributed by atoms with Gasteiger partial charge in [0.05, 0.1) is 11.1 Å². The molecule has 0 bridgehead atoms. The molecule has 0 aliphatic carbocycles. The number of hydrogen-bond acceptors (Lipinski definition) is 3. The average Bonchev–Trinajstić information content (AvgIpc) is 2.84. The molecule has 0 fully saturated rings. The molecular formula is C27H19O6+. The molecule has 0 amide bonds. The van der Waals surface area contributed by atoms with Gasteiger partial charge >= 0.3 is 17.9 Å². The number of hydrogen-bond donors (Lipinski definition) is 2. The van der Waals surface area contributed by atoms with Gasteiger partial charge in [0.15, 0.2) is 0 Å². The van der Waals surface area contributed by atoms with E-state index >= 15 is 0 Å². The van der Waals surface area contributed by atoms with Gasteiger partial charge in [0, 0.05) is 4.79 Å². The largest absolute Gasteiger partial charge is 0.561 e. The third-order valence-corrected chi connectivity index (χ3v) is 5.34. The van der Waals surface area contributed by atoms with E-state index in [4.69, 9.17) is 5.11 Å². The lowest BCUT2D eigenvalue weighted by molar-refractivity contribution is 0.0686. The van der Waals surface area contributed by atoms with Crippen molar-refractivity contribution in [2.24, 2.45) is 0 Å². The van der Waals surface area contributed by atoms with Crippen LogP contribution in [-0.2, 0) is 0 Å². The number of carbonyl (C=O) groups excluding carboxylic acids is 1. The van der Waals surface area contributed by atoms with Crippen LogP contribution in [0.4, 0.5) is 0 Å². The van der Waals surface area contributed by atoms with E-state index in [1.54, 1.807) is 72.8 Å². The smallest absolute Gasteiger partial charge is 0.549 e. The minimum atomic E-state index is -1.00. The Morgan fingerprint density at radius 1 is 0.455 bits per heavy atom. The van der Waals surface area contributed by atoms with Gasteiger partial charge in [0.25, 0.3) is 0 Å². The Morgan fingerprint density at radius 2 is 0.727 bits per heavy atom. The third-order valence-electron chi connectivity index (χ3n) is 5.34. The van der Waals surface area contributed by atoms with Gasteiger partial charge in [-0.2, -0.15) is 0 Å². The molecule has 4 N–H and O–H groups in total. The zero-order valence-electron chi connectivity index (χ0n) is 17.3. The summed E-state index contributed by atoms with van der Waals surface area (Å²) in [6, 6.07) is 25.7. The molecule has 0 aliphatic rings. The molecule has 0 spiro atoms. The summed E-state index contributed by atoms with van der Waals surface area (Å²) in [5.41, 5.74) is 5.72. The predicted molar refractivity (Wildman–Crippen MR) is 125 cm³/mol. The van der Waals surface area contributed by atoms with Gasteiger partial charge in [-0.15, -0.1) is 0 Å². The molecule has 4 aromatic rings. The van der Waals surface area contributed by atoms with Crippen LogP contribution in [0, 0.1) is 0 Å². The van der Waals surface area contributed by atoms with Crippen LogP contribution < -0.4 is 0 Å². The highest BCUT2D eigenvalue weighted by atomic mass is 16.4. The molecule has 0 aromatic heterocycles. The van der Waals surface area contributed by atoms with Crippen LogP contribution in [0.25, 0.3) is 33.4 Å². The maximum absolute atomic E-state index is 11.3. The number of carbonyl (C=O) groups is 3. The van der Waals surface area contributed by atoms with Crippen LogP contribution in [0.3, 0.4) is 0 Å². The number of aromatic carboxylic acids is 2. The fourth-order valence-electron chi connectivity index (χ4n) is 3.55. The zero-order chi connectivity index (χ0) is 23.5. The van der Waals surface area contributed by atoms with Crippen molar-refractivity contribution in [1.29, 1.82) is 0 Å². The Bertz CT molecular complexity index is 1170. The molecule has 33 heavy (non-hydrogen) atoms. The van der Waals surface area contributed by atoms with Crippen molar-refractivity contribution >= 4 is 17.9 Å². The topological polar surface area (TPSA) is 115 Å². The molecule has 0 saturated heterocycles. The molecular weight excluding hydrogens is 420 g/mol. The molecule has 0 saturated carbocycles. The van der Waals surface area contributed by atoms with E-state index in [1.165, 1.54) is 0 Å². The molecule has 0 atom stereocenters. The fraction of sp³-hybridized carbons (Fsp3) is 0. The number of rotatable bonds is 6. The number of carboxylic acids is 2. The maximum atomic E-state index is 11.3. The van der Waals surface area contributed by atoms with Crippen molar-refractivity contribution in [3.63, 3.8) is 0 Å². The van der Waals surface area contributed by atoms with Crippen LogP contribution in [0.15, 0.2) is 91.0 Å². The number of benzene rings is 4. The molecule has 0 unspecified atom stereocenters. The van der Waals surface area contributed by atoms with E-state index in [0.717, 1.165) is 33.4 Å². The highest BCUT2D eigenvalue weighted by molar-refractivity contribution is 5.91. The summed E-state index contributed by atoms with van der Waals surface area (Å²) in [5, 5.41) is 25.6.